The number of hydrogen-bond donors (Lipinski definition) is 0. The third-order valence-electron chi connectivity index (χ3n) is 3.23. The third kappa shape index (κ3) is 2.70. The lowest BCUT2D eigenvalue weighted by molar-refractivity contribution is 0.363. The van der Waals surface area contributed by atoms with Gasteiger partial charge in [-0.05, 0) is 12.8 Å². The van der Waals surface area contributed by atoms with Gasteiger partial charge in [-0.15, -0.1) is 0 Å². The molecule has 102 valence electrons. The summed E-state index contributed by atoms with van der Waals surface area (Å²) >= 11 is 5.98. The Morgan fingerprint density at radius 2 is 1.72 bits per heavy atom. The van der Waals surface area contributed by atoms with Crippen molar-refractivity contribution in [3.63, 3.8) is 0 Å². The molecule has 5 nitrogen and oxygen atoms in total. The van der Waals surface area contributed by atoms with Crippen LogP contribution in [-0.4, -0.2) is 35.4 Å². The van der Waals surface area contributed by atoms with Crippen LogP contribution in [-0.2, 0) is 17.1 Å². The molecular weight excluding hydrogens is 274 g/mol. The first-order chi connectivity index (χ1) is 8.53. The zero-order valence-electron chi connectivity index (χ0n) is 10.5. The summed E-state index contributed by atoms with van der Waals surface area (Å²) in [7, 11) is -1.86. The number of hydrogen-bond acceptors (Lipinski definition) is 3. The molecule has 0 aliphatic carbocycles. The Labute approximate surface area is 113 Å². The molecule has 1 aliphatic rings. The van der Waals surface area contributed by atoms with Crippen LogP contribution >= 0.6 is 11.6 Å². The number of aryl methyl sites for hydroxylation is 1. The molecule has 0 saturated carbocycles. The van der Waals surface area contributed by atoms with Crippen molar-refractivity contribution in [2.45, 2.75) is 37.1 Å². The number of halogens is 1. The van der Waals surface area contributed by atoms with E-state index in [-0.39, 0.29) is 10.2 Å². The molecule has 0 bridgehead atoms. The Morgan fingerprint density at radius 3 is 2.22 bits per heavy atom. The van der Waals surface area contributed by atoms with Crippen molar-refractivity contribution >= 4 is 21.6 Å². The Bertz CT molecular complexity index is 504. The van der Waals surface area contributed by atoms with Crippen LogP contribution in [0.25, 0.3) is 0 Å². The number of sulfonamides is 1. The van der Waals surface area contributed by atoms with Gasteiger partial charge >= 0.3 is 0 Å². The summed E-state index contributed by atoms with van der Waals surface area (Å²) < 4.78 is 27.9. The first-order valence-electron chi connectivity index (χ1n) is 6.20. The van der Waals surface area contributed by atoms with E-state index < -0.39 is 10.0 Å². The van der Waals surface area contributed by atoms with Gasteiger partial charge in [-0.1, -0.05) is 30.9 Å². The van der Waals surface area contributed by atoms with E-state index in [2.05, 4.69) is 4.98 Å². The van der Waals surface area contributed by atoms with E-state index in [0.717, 1.165) is 25.7 Å². The molecule has 0 spiro atoms. The van der Waals surface area contributed by atoms with Crippen molar-refractivity contribution in [2.24, 2.45) is 7.05 Å². The van der Waals surface area contributed by atoms with Crippen molar-refractivity contribution in [1.82, 2.24) is 13.9 Å². The summed E-state index contributed by atoms with van der Waals surface area (Å²) in [4.78, 5) is 3.92. The molecule has 0 unspecified atom stereocenters. The molecule has 1 aliphatic heterocycles. The van der Waals surface area contributed by atoms with Crippen LogP contribution in [0.5, 0.6) is 0 Å². The first-order valence-corrected chi connectivity index (χ1v) is 8.02. The zero-order valence-corrected chi connectivity index (χ0v) is 12.0. The number of imidazole rings is 1. The maximum Gasteiger partial charge on any atom is 0.263 e. The van der Waals surface area contributed by atoms with Gasteiger partial charge in [0.2, 0.25) is 5.03 Å². The summed E-state index contributed by atoms with van der Waals surface area (Å²) in [5.74, 6) is 0. The smallest absolute Gasteiger partial charge is 0.263 e. The molecule has 0 N–H and O–H groups in total. The van der Waals surface area contributed by atoms with Gasteiger partial charge in [0.05, 0.1) is 6.33 Å². The van der Waals surface area contributed by atoms with E-state index in [4.69, 9.17) is 11.6 Å². The van der Waals surface area contributed by atoms with E-state index in [1.54, 1.807) is 7.05 Å². The number of nitrogens with zero attached hydrogens (tertiary/aromatic N) is 3. The van der Waals surface area contributed by atoms with Crippen molar-refractivity contribution in [3.05, 3.63) is 11.5 Å². The molecule has 18 heavy (non-hydrogen) atoms. The Kier molecular flexibility index (Phi) is 4.29. The van der Waals surface area contributed by atoms with Gasteiger partial charge < -0.3 is 4.57 Å². The molecule has 7 heteroatoms. The highest BCUT2D eigenvalue weighted by Crippen LogP contribution is 2.24. The van der Waals surface area contributed by atoms with E-state index in [0.29, 0.717) is 13.1 Å². The minimum atomic E-state index is -3.54. The second-order valence-electron chi connectivity index (χ2n) is 4.62. The fourth-order valence-electron chi connectivity index (χ4n) is 2.15. The van der Waals surface area contributed by atoms with Crippen molar-refractivity contribution in [3.8, 4) is 0 Å². The maximum absolute atomic E-state index is 12.5. The van der Waals surface area contributed by atoms with E-state index in [9.17, 15) is 8.42 Å². The Balaban J connectivity index is 2.26. The quantitative estimate of drug-likeness (QED) is 0.838. The normalized spacial score (nSPS) is 19.4. The highest BCUT2D eigenvalue weighted by Gasteiger charge is 2.29. The second kappa shape index (κ2) is 5.59. The van der Waals surface area contributed by atoms with Gasteiger partial charge in [-0.2, -0.15) is 4.31 Å². The average Bonchev–Trinajstić information content (AvgIpc) is 2.59. The highest BCUT2D eigenvalue weighted by atomic mass is 35.5. The lowest BCUT2D eigenvalue weighted by Gasteiger charge is -2.23. The molecule has 0 amide bonds. The van der Waals surface area contributed by atoms with E-state index >= 15 is 0 Å². The summed E-state index contributed by atoms with van der Waals surface area (Å²) in [6.07, 6.45) is 6.61. The highest BCUT2D eigenvalue weighted by molar-refractivity contribution is 7.89. The molecule has 0 atom stereocenters. The molecule has 2 rings (SSSR count). The first kappa shape index (κ1) is 13.8. The van der Waals surface area contributed by atoms with Gasteiger partial charge in [0.1, 0.15) is 5.15 Å². The molecule has 0 radical (unpaired) electrons. The standard InChI is InChI=1S/C11H18ClN3O2S/c1-14-9-13-11(10(14)12)18(16,17)15-7-5-3-2-4-6-8-15/h9H,2-8H2,1H3. The predicted molar refractivity (Wildman–Crippen MR) is 70.1 cm³/mol. The lowest BCUT2D eigenvalue weighted by atomic mass is 10.1. The van der Waals surface area contributed by atoms with E-state index in [1.807, 2.05) is 0 Å². The van der Waals surface area contributed by atoms with Gasteiger partial charge in [0.15, 0.2) is 0 Å². The SMILES string of the molecule is Cn1cnc(S(=O)(=O)N2CCCCCCC2)c1Cl. The zero-order chi connectivity index (χ0) is 13.2. The molecule has 1 fully saturated rings. The van der Waals surface area contributed by atoms with Crippen molar-refractivity contribution < 1.29 is 8.42 Å². The Morgan fingerprint density at radius 1 is 1.17 bits per heavy atom. The predicted octanol–water partition coefficient (Wildman–Crippen LogP) is 2.03. The van der Waals surface area contributed by atoms with Crippen LogP contribution in [0.1, 0.15) is 32.1 Å². The molecule has 1 aromatic heterocycles. The average molecular weight is 292 g/mol. The maximum atomic E-state index is 12.5. The van der Waals surface area contributed by atoms with Gasteiger partial charge in [-0.25, -0.2) is 13.4 Å². The summed E-state index contributed by atoms with van der Waals surface area (Å²) in [6.45, 7) is 1.13. The second-order valence-corrected chi connectivity index (χ2v) is 6.83. The lowest BCUT2D eigenvalue weighted by Crippen LogP contribution is -2.34. The monoisotopic (exact) mass is 291 g/mol. The van der Waals surface area contributed by atoms with Gasteiger partial charge in [0.25, 0.3) is 10.0 Å². The van der Waals surface area contributed by atoms with Crippen LogP contribution in [0.3, 0.4) is 0 Å². The summed E-state index contributed by atoms with van der Waals surface area (Å²) in [6, 6.07) is 0. The topological polar surface area (TPSA) is 55.2 Å². The van der Waals surface area contributed by atoms with Crippen LogP contribution in [0.4, 0.5) is 0 Å². The third-order valence-corrected chi connectivity index (χ3v) is 5.62. The molecule has 2 heterocycles. The van der Waals surface area contributed by atoms with Gasteiger partial charge in [-0.3, -0.25) is 0 Å². The van der Waals surface area contributed by atoms with Crippen molar-refractivity contribution in [2.75, 3.05) is 13.1 Å². The molecular formula is C11H18ClN3O2S. The molecule has 0 aromatic carbocycles. The number of rotatable bonds is 2. The minimum Gasteiger partial charge on any atom is -0.324 e. The van der Waals surface area contributed by atoms with Gasteiger partial charge in [0, 0.05) is 20.1 Å². The fourth-order valence-corrected chi connectivity index (χ4v) is 4.05. The largest absolute Gasteiger partial charge is 0.324 e. The van der Waals surface area contributed by atoms with Crippen molar-refractivity contribution in [1.29, 1.82) is 0 Å². The van der Waals surface area contributed by atoms with Crippen LogP contribution in [0.15, 0.2) is 11.4 Å². The fraction of sp³-hybridized carbons (Fsp3) is 0.727. The minimum absolute atomic E-state index is 0.0211. The Hall–Kier alpha value is -0.590. The number of aromatic nitrogens is 2. The van der Waals surface area contributed by atoms with Crippen LogP contribution in [0.2, 0.25) is 5.15 Å². The summed E-state index contributed by atoms with van der Waals surface area (Å²) in [5.41, 5.74) is 0. The summed E-state index contributed by atoms with van der Waals surface area (Å²) in [5, 5.41) is 0.157. The van der Waals surface area contributed by atoms with E-state index in [1.165, 1.54) is 21.6 Å². The van der Waals surface area contributed by atoms with Crippen LogP contribution < -0.4 is 0 Å². The van der Waals surface area contributed by atoms with Crippen LogP contribution in [0, 0.1) is 0 Å². The molecule has 1 aromatic rings. The molecule has 1 saturated heterocycles.